The summed E-state index contributed by atoms with van der Waals surface area (Å²) in [4.78, 5) is 27.3. The summed E-state index contributed by atoms with van der Waals surface area (Å²) in [5.41, 5.74) is 0. The Morgan fingerprint density at radius 3 is 2.53 bits per heavy atom. The Bertz CT molecular complexity index is 359. The Balaban J connectivity index is 1.88. The maximum Gasteiger partial charge on any atom is 0.308 e. The van der Waals surface area contributed by atoms with Crippen LogP contribution in [0.3, 0.4) is 0 Å². The molecule has 2 rings (SSSR count). The zero-order valence-corrected chi connectivity index (χ0v) is 11.8. The molecule has 5 heteroatoms. The third kappa shape index (κ3) is 3.26. The molecule has 0 saturated carbocycles. The first-order chi connectivity index (χ1) is 8.99. The molecule has 0 aliphatic carbocycles. The second kappa shape index (κ2) is 5.90. The lowest BCUT2D eigenvalue weighted by Gasteiger charge is -2.34. The van der Waals surface area contributed by atoms with Gasteiger partial charge in [-0.25, -0.2) is 0 Å². The minimum absolute atomic E-state index is 0.129. The van der Waals surface area contributed by atoms with E-state index in [1.165, 1.54) is 6.42 Å². The summed E-state index contributed by atoms with van der Waals surface area (Å²) in [6, 6.07) is 0.330. The van der Waals surface area contributed by atoms with Gasteiger partial charge in [0.1, 0.15) is 0 Å². The average molecular weight is 268 g/mol. The minimum atomic E-state index is -0.742. The number of carbonyl (C=O) groups excluding carboxylic acids is 1. The molecule has 0 aromatic rings. The SMILES string of the molecule is CC1CN(CC(=O)N2CCCCC2C)CC1C(=O)O. The molecule has 19 heavy (non-hydrogen) atoms. The Hall–Kier alpha value is -1.10. The average Bonchev–Trinajstić information content (AvgIpc) is 2.70. The zero-order chi connectivity index (χ0) is 14.0. The quantitative estimate of drug-likeness (QED) is 0.831. The van der Waals surface area contributed by atoms with E-state index in [1.54, 1.807) is 0 Å². The topological polar surface area (TPSA) is 60.9 Å². The standard InChI is InChI=1S/C14H24N2O3/c1-10-7-15(8-12(10)14(18)19)9-13(17)16-6-4-3-5-11(16)2/h10-12H,3-9H2,1-2H3,(H,18,19). The van der Waals surface area contributed by atoms with Crippen molar-refractivity contribution >= 4 is 11.9 Å². The van der Waals surface area contributed by atoms with Crippen molar-refractivity contribution in [1.82, 2.24) is 9.80 Å². The van der Waals surface area contributed by atoms with Crippen LogP contribution < -0.4 is 0 Å². The minimum Gasteiger partial charge on any atom is -0.481 e. The van der Waals surface area contributed by atoms with Gasteiger partial charge in [-0.05, 0) is 32.1 Å². The molecule has 0 spiro atoms. The number of aliphatic carboxylic acids is 1. The number of rotatable bonds is 3. The maximum atomic E-state index is 12.3. The molecule has 3 unspecified atom stereocenters. The number of piperidine rings is 1. The number of likely N-dealkylation sites (tertiary alicyclic amines) is 2. The highest BCUT2D eigenvalue weighted by molar-refractivity contribution is 5.79. The Morgan fingerprint density at radius 2 is 1.95 bits per heavy atom. The normalized spacial score (nSPS) is 32.5. The predicted molar refractivity (Wildman–Crippen MR) is 71.8 cm³/mol. The molecule has 0 bridgehead atoms. The van der Waals surface area contributed by atoms with Gasteiger partial charge in [0.25, 0.3) is 0 Å². The Kier molecular flexibility index (Phi) is 4.45. The summed E-state index contributed by atoms with van der Waals surface area (Å²) in [5.74, 6) is -0.783. The van der Waals surface area contributed by atoms with Gasteiger partial charge >= 0.3 is 5.97 Å². The number of hydrogen-bond donors (Lipinski definition) is 1. The van der Waals surface area contributed by atoms with Crippen molar-refractivity contribution in [2.45, 2.75) is 39.2 Å². The zero-order valence-electron chi connectivity index (χ0n) is 11.8. The second-order valence-corrected chi connectivity index (χ2v) is 6.05. The molecule has 2 fully saturated rings. The van der Waals surface area contributed by atoms with Gasteiger partial charge in [0, 0.05) is 25.7 Å². The van der Waals surface area contributed by atoms with Gasteiger partial charge in [0.15, 0.2) is 0 Å². The first-order valence-electron chi connectivity index (χ1n) is 7.23. The Labute approximate surface area is 114 Å². The van der Waals surface area contributed by atoms with Crippen LogP contribution in [-0.2, 0) is 9.59 Å². The van der Waals surface area contributed by atoms with Gasteiger partial charge in [-0.15, -0.1) is 0 Å². The van der Waals surface area contributed by atoms with Crippen LogP contribution in [0.4, 0.5) is 0 Å². The molecular weight excluding hydrogens is 244 g/mol. The van der Waals surface area contributed by atoms with Crippen LogP contribution in [0.25, 0.3) is 0 Å². The molecule has 1 amide bonds. The predicted octanol–water partition coefficient (Wildman–Crippen LogP) is 1.04. The van der Waals surface area contributed by atoms with E-state index in [0.717, 1.165) is 19.4 Å². The van der Waals surface area contributed by atoms with Crippen LogP contribution in [0.2, 0.25) is 0 Å². The second-order valence-electron chi connectivity index (χ2n) is 6.05. The van der Waals surface area contributed by atoms with Crippen molar-refractivity contribution in [3.63, 3.8) is 0 Å². The van der Waals surface area contributed by atoms with Crippen molar-refractivity contribution in [3.05, 3.63) is 0 Å². The lowest BCUT2D eigenvalue weighted by atomic mass is 9.99. The fourth-order valence-corrected chi connectivity index (χ4v) is 3.27. The maximum absolute atomic E-state index is 12.3. The van der Waals surface area contributed by atoms with Crippen molar-refractivity contribution in [2.24, 2.45) is 11.8 Å². The fraction of sp³-hybridized carbons (Fsp3) is 0.857. The molecule has 5 nitrogen and oxygen atoms in total. The lowest BCUT2D eigenvalue weighted by Crippen LogP contribution is -2.46. The van der Waals surface area contributed by atoms with Crippen molar-refractivity contribution in [3.8, 4) is 0 Å². The van der Waals surface area contributed by atoms with Crippen LogP contribution in [0, 0.1) is 11.8 Å². The molecule has 3 atom stereocenters. The summed E-state index contributed by atoms with van der Waals surface area (Å²) < 4.78 is 0. The van der Waals surface area contributed by atoms with Crippen molar-refractivity contribution in [1.29, 1.82) is 0 Å². The van der Waals surface area contributed by atoms with Gasteiger partial charge < -0.3 is 10.0 Å². The molecule has 108 valence electrons. The van der Waals surface area contributed by atoms with Crippen LogP contribution in [-0.4, -0.2) is 59.0 Å². The van der Waals surface area contributed by atoms with Gasteiger partial charge in [0.05, 0.1) is 12.5 Å². The molecule has 0 radical (unpaired) electrons. The third-order valence-electron chi connectivity index (χ3n) is 4.49. The van der Waals surface area contributed by atoms with Crippen molar-refractivity contribution in [2.75, 3.05) is 26.2 Å². The summed E-state index contributed by atoms with van der Waals surface area (Å²) in [6.45, 7) is 6.50. The first-order valence-corrected chi connectivity index (χ1v) is 7.23. The number of nitrogens with zero attached hydrogens (tertiary/aromatic N) is 2. The van der Waals surface area contributed by atoms with Crippen molar-refractivity contribution < 1.29 is 14.7 Å². The van der Waals surface area contributed by atoms with Crippen LogP contribution in [0.15, 0.2) is 0 Å². The van der Waals surface area contributed by atoms with E-state index in [1.807, 2.05) is 16.7 Å². The largest absolute Gasteiger partial charge is 0.481 e. The van der Waals surface area contributed by atoms with E-state index < -0.39 is 5.97 Å². The van der Waals surface area contributed by atoms with E-state index in [4.69, 9.17) is 5.11 Å². The number of hydrogen-bond acceptors (Lipinski definition) is 3. The van der Waals surface area contributed by atoms with Gasteiger partial charge in [-0.1, -0.05) is 6.92 Å². The molecule has 2 aliphatic rings. The number of carbonyl (C=O) groups is 2. The van der Waals surface area contributed by atoms with E-state index in [9.17, 15) is 9.59 Å². The summed E-state index contributed by atoms with van der Waals surface area (Å²) in [7, 11) is 0. The summed E-state index contributed by atoms with van der Waals surface area (Å²) in [5, 5.41) is 9.10. The van der Waals surface area contributed by atoms with Crippen LogP contribution >= 0.6 is 0 Å². The highest BCUT2D eigenvalue weighted by atomic mass is 16.4. The summed E-state index contributed by atoms with van der Waals surface area (Å²) in [6.07, 6.45) is 3.37. The Morgan fingerprint density at radius 1 is 1.21 bits per heavy atom. The molecule has 2 aliphatic heterocycles. The number of amides is 1. The van der Waals surface area contributed by atoms with Gasteiger partial charge in [0.2, 0.25) is 5.91 Å². The molecule has 0 aromatic carbocycles. The highest BCUT2D eigenvalue weighted by Crippen LogP contribution is 2.24. The summed E-state index contributed by atoms with van der Waals surface area (Å²) >= 11 is 0. The van der Waals surface area contributed by atoms with Crippen LogP contribution in [0.5, 0.6) is 0 Å². The fourth-order valence-electron chi connectivity index (χ4n) is 3.27. The molecule has 1 N–H and O–H groups in total. The molecular formula is C14H24N2O3. The number of carboxylic acids is 1. The van der Waals surface area contributed by atoms with E-state index >= 15 is 0 Å². The van der Waals surface area contributed by atoms with Crippen LogP contribution in [0.1, 0.15) is 33.1 Å². The first kappa shape index (κ1) is 14.3. The lowest BCUT2D eigenvalue weighted by molar-refractivity contribution is -0.142. The van der Waals surface area contributed by atoms with Gasteiger partial charge in [-0.2, -0.15) is 0 Å². The third-order valence-corrected chi connectivity index (χ3v) is 4.49. The highest BCUT2D eigenvalue weighted by Gasteiger charge is 2.36. The molecule has 0 aromatic heterocycles. The monoisotopic (exact) mass is 268 g/mol. The van der Waals surface area contributed by atoms with E-state index in [-0.39, 0.29) is 17.7 Å². The smallest absolute Gasteiger partial charge is 0.308 e. The van der Waals surface area contributed by atoms with E-state index in [0.29, 0.717) is 25.7 Å². The molecule has 2 saturated heterocycles. The van der Waals surface area contributed by atoms with E-state index in [2.05, 4.69) is 6.92 Å². The molecule has 2 heterocycles. The number of carboxylic acid groups (broad SMARTS) is 1. The van der Waals surface area contributed by atoms with Gasteiger partial charge in [-0.3, -0.25) is 14.5 Å².